The molecule has 0 radical (unpaired) electrons. The maximum absolute atomic E-state index is 11.9. The molecule has 0 fully saturated rings. The average molecular weight is 234 g/mol. The largest absolute Gasteiger partial charge is 0.503 e. The molecule has 1 aromatic heterocycles. The lowest BCUT2D eigenvalue weighted by Crippen LogP contribution is -2.02. The normalized spacial score (nSPS) is 10.8. The van der Waals surface area contributed by atoms with Gasteiger partial charge in [-0.1, -0.05) is 25.5 Å². The zero-order chi connectivity index (χ0) is 11.5. The van der Waals surface area contributed by atoms with E-state index >= 15 is 0 Å². The standard InChI is InChI=1S/C13H14O2S/c1-2-3-7-11-13(15)12(14)9-6-4-5-8-10(9)16-11/h4-6,8,15H,2-3,7H2,1H3. The van der Waals surface area contributed by atoms with Crippen LogP contribution in [0.15, 0.2) is 29.1 Å². The summed E-state index contributed by atoms with van der Waals surface area (Å²) in [6.07, 6.45) is 2.85. The van der Waals surface area contributed by atoms with Crippen LogP contribution in [-0.2, 0) is 6.42 Å². The number of unbranched alkanes of at least 4 members (excludes halogenated alkanes) is 1. The van der Waals surface area contributed by atoms with Crippen molar-refractivity contribution in [2.75, 3.05) is 0 Å². The summed E-state index contributed by atoms with van der Waals surface area (Å²) in [4.78, 5) is 12.7. The van der Waals surface area contributed by atoms with E-state index in [0.29, 0.717) is 5.39 Å². The van der Waals surface area contributed by atoms with Crippen molar-refractivity contribution < 1.29 is 5.11 Å². The van der Waals surface area contributed by atoms with E-state index in [1.54, 1.807) is 6.07 Å². The van der Waals surface area contributed by atoms with E-state index in [1.165, 1.54) is 11.3 Å². The molecule has 2 aromatic rings. The minimum Gasteiger partial charge on any atom is -0.503 e. The number of aryl methyl sites for hydroxylation is 1. The lowest BCUT2D eigenvalue weighted by Gasteiger charge is -2.04. The Morgan fingerprint density at radius 1 is 1.31 bits per heavy atom. The predicted molar refractivity (Wildman–Crippen MR) is 68.4 cm³/mol. The quantitative estimate of drug-likeness (QED) is 0.884. The van der Waals surface area contributed by atoms with Gasteiger partial charge in [-0.15, -0.1) is 11.3 Å². The van der Waals surface area contributed by atoms with Crippen molar-refractivity contribution in [3.05, 3.63) is 39.4 Å². The van der Waals surface area contributed by atoms with Gasteiger partial charge in [0.2, 0.25) is 5.43 Å². The monoisotopic (exact) mass is 234 g/mol. The fourth-order valence-corrected chi connectivity index (χ4v) is 2.80. The molecule has 0 aliphatic carbocycles. The summed E-state index contributed by atoms with van der Waals surface area (Å²) in [7, 11) is 0. The molecule has 1 N–H and O–H groups in total. The molecular formula is C13H14O2S. The summed E-state index contributed by atoms with van der Waals surface area (Å²) in [5.74, 6) is -0.0582. The Labute approximate surface area is 98.2 Å². The minimum absolute atomic E-state index is 0.0582. The van der Waals surface area contributed by atoms with Gasteiger partial charge in [-0.3, -0.25) is 4.79 Å². The van der Waals surface area contributed by atoms with E-state index in [4.69, 9.17) is 0 Å². The topological polar surface area (TPSA) is 37.3 Å². The fourth-order valence-electron chi connectivity index (χ4n) is 1.69. The van der Waals surface area contributed by atoms with E-state index in [0.717, 1.165) is 28.8 Å². The van der Waals surface area contributed by atoms with Gasteiger partial charge in [-0.2, -0.15) is 0 Å². The minimum atomic E-state index is -0.236. The summed E-state index contributed by atoms with van der Waals surface area (Å²) < 4.78 is 0.955. The molecule has 1 heterocycles. The van der Waals surface area contributed by atoms with Crippen LogP contribution in [-0.4, -0.2) is 5.11 Å². The van der Waals surface area contributed by atoms with Gasteiger partial charge in [0.25, 0.3) is 0 Å². The van der Waals surface area contributed by atoms with Gasteiger partial charge in [-0.05, 0) is 25.0 Å². The zero-order valence-electron chi connectivity index (χ0n) is 9.19. The van der Waals surface area contributed by atoms with Crippen LogP contribution >= 0.6 is 11.3 Å². The predicted octanol–water partition coefficient (Wildman–Crippen LogP) is 3.31. The van der Waals surface area contributed by atoms with Crippen LogP contribution in [0.25, 0.3) is 10.1 Å². The SMILES string of the molecule is CCCCc1sc2ccccc2c(=O)c1O. The third-order valence-electron chi connectivity index (χ3n) is 2.60. The summed E-state index contributed by atoms with van der Waals surface area (Å²) in [6.45, 7) is 2.10. The molecule has 2 nitrogen and oxygen atoms in total. The van der Waals surface area contributed by atoms with Crippen molar-refractivity contribution in [2.24, 2.45) is 0 Å². The van der Waals surface area contributed by atoms with Gasteiger partial charge < -0.3 is 5.11 Å². The first-order valence-electron chi connectivity index (χ1n) is 5.47. The zero-order valence-corrected chi connectivity index (χ0v) is 10.0. The first-order valence-corrected chi connectivity index (χ1v) is 6.29. The number of aromatic hydroxyl groups is 1. The van der Waals surface area contributed by atoms with Crippen molar-refractivity contribution in [3.63, 3.8) is 0 Å². The van der Waals surface area contributed by atoms with Gasteiger partial charge in [0, 0.05) is 10.1 Å². The highest BCUT2D eigenvalue weighted by Gasteiger charge is 2.10. The molecule has 0 saturated heterocycles. The molecule has 0 saturated carbocycles. The molecule has 2 rings (SSSR count). The number of fused-ring (bicyclic) bond motifs is 1. The smallest absolute Gasteiger partial charge is 0.229 e. The Balaban J connectivity index is 2.60. The van der Waals surface area contributed by atoms with Crippen LogP contribution < -0.4 is 5.43 Å². The van der Waals surface area contributed by atoms with E-state index in [1.807, 2.05) is 18.2 Å². The van der Waals surface area contributed by atoms with Gasteiger partial charge in [0.1, 0.15) is 0 Å². The van der Waals surface area contributed by atoms with E-state index in [-0.39, 0.29) is 11.2 Å². The first kappa shape index (κ1) is 11.1. The summed E-state index contributed by atoms with van der Waals surface area (Å²) >= 11 is 1.52. The van der Waals surface area contributed by atoms with Gasteiger partial charge in [-0.25, -0.2) is 0 Å². The molecule has 0 bridgehead atoms. The second kappa shape index (κ2) is 4.66. The highest BCUT2D eigenvalue weighted by Crippen LogP contribution is 2.26. The van der Waals surface area contributed by atoms with Crippen molar-refractivity contribution in [3.8, 4) is 5.75 Å². The molecular weight excluding hydrogens is 220 g/mol. The van der Waals surface area contributed by atoms with Crippen molar-refractivity contribution in [1.29, 1.82) is 0 Å². The summed E-state index contributed by atoms with van der Waals surface area (Å²) in [5, 5.41) is 10.4. The molecule has 3 heteroatoms. The molecule has 0 unspecified atom stereocenters. The van der Waals surface area contributed by atoms with Crippen LogP contribution in [0.1, 0.15) is 24.6 Å². The first-order chi connectivity index (χ1) is 7.74. The van der Waals surface area contributed by atoms with E-state index in [9.17, 15) is 9.90 Å². The Morgan fingerprint density at radius 2 is 2.06 bits per heavy atom. The van der Waals surface area contributed by atoms with Crippen molar-refractivity contribution in [2.45, 2.75) is 26.2 Å². The van der Waals surface area contributed by atoms with Gasteiger partial charge >= 0.3 is 0 Å². The van der Waals surface area contributed by atoms with Crippen LogP contribution in [0.3, 0.4) is 0 Å². The third kappa shape index (κ3) is 1.95. The molecule has 0 spiro atoms. The molecule has 16 heavy (non-hydrogen) atoms. The molecule has 0 atom stereocenters. The van der Waals surface area contributed by atoms with Crippen LogP contribution in [0, 0.1) is 0 Å². The van der Waals surface area contributed by atoms with Crippen molar-refractivity contribution in [1.82, 2.24) is 0 Å². The van der Waals surface area contributed by atoms with Crippen molar-refractivity contribution >= 4 is 21.4 Å². The number of hydrogen-bond donors (Lipinski definition) is 1. The Kier molecular flexibility index (Phi) is 3.25. The second-order valence-corrected chi connectivity index (χ2v) is 4.94. The number of benzene rings is 1. The van der Waals surface area contributed by atoms with Crippen LogP contribution in [0.4, 0.5) is 0 Å². The van der Waals surface area contributed by atoms with Gasteiger partial charge in [0.15, 0.2) is 5.75 Å². The van der Waals surface area contributed by atoms with E-state index in [2.05, 4.69) is 6.92 Å². The highest BCUT2D eigenvalue weighted by molar-refractivity contribution is 7.18. The van der Waals surface area contributed by atoms with Gasteiger partial charge in [0.05, 0.1) is 4.88 Å². The van der Waals surface area contributed by atoms with E-state index < -0.39 is 0 Å². The Hall–Kier alpha value is -1.35. The fraction of sp³-hybridized carbons (Fsp3) is 0.308. The maximum atomic E-state index is 11.9. The summed E-state index contributed by atoms with van der Waals surface area (Å²) in [5.41, 5.74) is -0.236. The second-order valence-electron chi connectivity index (χ2n) is 3.80. The number of rotatable bonds is 3. The molecule has 0 aliphatic rings. The highest BCUT2D eigenvalue weighted by atomic mass is 32.1. The van der Waals surface area contributed by atoms with Crippen LogP contribution in [0.5, 0.6) is 5.75 Å². The Morgan fingerprint density at radius 3 is 2.81 bits per heavy atom. The Bertz CT molecular complexity index is 557. The lowest BCUT2D eigenvalue weighted by atomic mass is 10.2. The number of hydrogen-bond acceptors (Lipinski definition) is 3. The molecule has 0 amide bonds. The summed E-state index contributed by atoms with van der Waals surface area (Å²) in [6, 6.07) is 7.42. The maximum Gasteiger partial charge on any atom is 0.229 e. The third-order valence-corrected chi connectivity index (χ3v) is 3.82. The van der Waals surface area contributed by atoms with Crippen LogP contribution in [0.2, 0.25) is 0 Å². The lowest BCUT2D eigenvalue weighted by molar-refractivity contribution is 0.465. The average Bonchev–Trinajstić information content (AvgIpc) is 2.32. The molecule has 84 valence electrons. The molecule has 0 aliphatic heterocycles. The molecule has 1 aromatic carbocycles.